The topological polar surface area (TPSA) is 26.3 Å². The second-order valence-electron chi connectivity index (χ2n) is 12.9. The predicted molar refractivity (Wildman–Crippen MR) is 122 cm³/mol. The van der Waals surface area contributed by atoms with Gasteiger partial charge in [-0.1, -0.05) is 27.2 Å². The van der Waals surface area contributed by atoms with E-state index in [9.17, 15) is 4.79 Å². The van der Waals surface area contributed by atoms with Crippen LogP contribution in [0.4, 0.5) is 0 Å². The van der Waals surface area contributed by atoms with Crippen molar-refractivity contribution in [1.82, 2.24) is 0 Å². The molecular weight excluding hydrogens is 368 g/mol. The predicted octanol–water partition coefficient (Wildman–Crippen LogP) is 7.40. The average molecular weight is 415 g/mol. The van der Waals surface area contributed by atoms with E-state index in [1.807, 2.05) is 0 Å². The maximum atomic E-state index is 11.6. The zero-order valence-corrected chi connectivity index (χ0v) is 20.2. The lowest BCUT2D eigenvalue weighted by Gasteiger charge is -2.63. The van der Waals surface area contributed by atoms with Crippen LogP contribution in [0.2, 0.25) is 0 Å². The van der Waals surface area contributed by atoms with Crippen LogP contribution in [0.15, 0.2) is 0 Å². The fourth-order valence-electron chi connectivity index (χ4n) is 9.90. The molecule has 0 radical (unpaired) electrons. The Hall–Kier alpha value is -0.530. The molecule has 5 fully saturated rings. The smallest absolute Gasteiger partial charge is 0.305 e. The standard InChI is InChI=1S/C28H46O2/c1-5-19-17-21-22-10-9-20(7-6-8-25(29)30-4)26(22,2)12-11-23(21)27(3)13-14-28(15-16-28)18-24(19)27/h19-24H,5-18H2,1-4H3/t19-,20?,21?,22?,23-,24?,26?,27?/m0/s1. The van der Waals surface area contributed by atoms with Crippen LogP contribution >= 0.6 is 0 Å². The summed E-state index contributed by atoms with van der Waals surface area (Å²) >= 11 is 0. The number of hydrogen-bond acceptors (Lipinski definition) is 2. The summed E-state index contributed by atoms with van der Waals surface area (Å²) in [5.41, 5.74) is 1.96. The van der Waals surface area contributed by atoms with Gasteiger partial charge in [0, 0.05) is 6.42 Å². The summed E-state index contributed by atoms with van der Waals surface area (Å²) in [4.78, 5) is 11.6. The quantitative estimate of drug-likeness (QED) is 0.438. The molecule has 0 heterocycles. The molecule has 170 valence electrons. The third-order valence-electron chi connectivity index (χ3n) is 12.0. The Morgan fingerprint density at radius 2 is 1.67 bits per heavy atom. The average Bonchev–Trinajstić information content (AvgIpc) is 3.41. The second-order valence-corrected chi connectivity index (χ2v) is 12.9. The summed E-state index contributed by atoms with van der Waals surface area (Å²) in [7, 11) is 1.52. The van der Waals surface area contributed by atoms with Gasteiger partial charge in [-0.15, -0.1) is 0 Å². The van der Waals surface area contributed by atoms with Gasteiger partial charge in [-0.05, 0) is 129 Å². The summed E-state index contributed by atoms with van der Waals surface area (Å²) < 4.78 is 4.88. The summed E-state index contributed by atoms with van der Waals surface area (Å²) in [6, 6.07) is 0. The molecule has 6 unspecified atom stereocenters. The maximum absolute atomic E-state index is 11.6. The molecule has 2 nitrogen and oxygen atoms in total. The minimum atomic E-state index is -0.0267. The number of hydrogen-bond donors (Lipinski definition) is 0. The summed E-state index contributed by atoms with van der Waals surface area (Å²) in [6.07, 6.45) is 19.3. The van der Waals surface area contributed by atoms with Crippen molar-refractivity contribution in [3.63, 3.8) is 0 Å². The first-order valence-electron chi connectivity index (χ1n) is 13.4. The molecule has 0 bridgehead atoms. The van der Waals surface area contributed by atoms with Gasteiger partial charge in [-0.2, -0.15) is 0 Å². The van der Waals surface area contributed by atoms with E-state index in [4.69, 9.17) is 4.74 Å². The van der Waals surface area contributed by atoms with Crippen LogP contribution in [0.5, 0.6) is 0 Å². The fraction of sp³-hybridized carbons (Fsp3) is 0.964. The zero-order valence-electron chi connectivity index (χ0n) is 20.2. The Labute approximate surface area is 185 Å². The Morgan fingerprint density at radius 1 is 0.933 bits per heavy atom. The molecule has 0 amide bonds. The number of fused-ring (bicyclic) bond motifs is 5. The molecule has 0 saturated heterocycles. The van der Waals surface area contributed by atoms with Crippen molar-refractivity contribution in [2.24, 2.45) is 51.8 Å². The van der Waals surface area contributed by atoms with Crippen LogP contribution in [-0.4, -0.2) is 13.1 Å². The van der Waals surface area contributed by atoms with Crippen LogP contribution in [0, 0.1) is 51.8 Å². The Kier molecular flexibility index (Phi) is 5.34. The van der Waals surface area contributed by atoms with Crippen molar-refractivity contribution in [2.45, 2.75) is 111 Å². The van der Waals surface area contributed by atoms with Gasteiger partial charge in [-0.25, -0.2) is 0 Å². The van der Waals surface area contributed by atoms with Crippen molar-refractivity contribution >= 4 is 5.97 Å². The molecular formula is C28H46O2. The molecule has 30 heavy (non-hydrogen) atoms. The van der Waals surface area contributed by atoms with E-state index in [0.717, 1.165) is 47.3 Å². The summed E-state index contributed by atoms with van der Waals surface area (Å²) in [6.45, 7) is 7.89. The van der Waals surface area contributed by atoms with Gasteiger partial charge in [0.25, 0.3) is 0 Å². The van der Waals surface area contributed by atoms with Crippen LogP contribution in [0.1, 0.15) is 111 Å². The lowest BCUT2D eigenvalue weighted by Crippen LogP contribution is -2.56. The van der Waals surface area contributed by atoms with Crippen molar-refractivity contribution in [3.8, 4) is 0 Å². The van der Waals surface area contributed by atoms with E-state index in [0.29, 0.717) is 17.3 Å². The fourth-order valence-corrected chi connectivity index (χ4v) is 9.90. The highest BCUT2D eigenvalue weighted by atomic mass is 16.5. The molecule has 5 rings (SSSR count). The number of methoxy groups -OCH3 is 1. The number of rotatable bonds is 5. The van der Waals surface area contributed by atoms with Gasteiger partial charge in [0.05, 0.1) is 7.11 Å². The number of esters is 1. The minimum absolute atomic E-state index is 0.0267. The summed E-state index contributed by atoms with van der Waals surface area (Å²) in [5.74, 6) is 5.72. The van der Waals surface area contributed by atoms with E-state index in [1.54, 1.807) is 6.42 Å². The highest BCUT2D eigenvalue weighted by Crippen LogP contribution is 2.72. The minimum Gasteiger partial charge on any atom is -0.469 e. The molecule has 0 aromatic rings. The van der Waals surface area contributed by atoms with Gasteiger partial charge < -0.3 is 4.74 Å². The Balaban J connectivity index is 1.33. The van der Waals surface area contributed by atoms with Gasteiger partial charge in [-0.3, -0.25) is 4.79 Å². The highest BCUT2D eigenvalue weighted by Gasteiger charge is 2.64. The second kappa shape index (κ2) is 7.51. The lowest BCUT2D eigenvalue weighted by atomic mass is 9.41. The Bertz CT molecular complexity index is 666. The molecule has 0 aromatic heterocycles. The molecule has 0 aromatic carbocycles. The zero-order chi connectivity index (χ0) is 21.1. The molecule has 8 atom stereocenters. The number of carbonyl (C=O) groups excluding carboxylic acids is 1. The first kappa shape index (κ1) is 21.3. The molecule has 5 saturated carbocycles. The van der Waals surface area contributed by atoms with Gasteiger partial charge in [0.2, 0.25) is 0 Å². The molecule has 1 spiro atoms. The molecule has 0 aliphatic heterocycles. The SMILES string of the molecule is CC[C@H]1CC2C3CCC(CCCC(=O)OC)C3(C)CC[C@@H]2C2(C)CCC3(CC3)CC12. The molecule has 5 aliphatic rings. The molecule has 0 N–H and O–H groups in total. The van der Waals surface area contributed by atoms with Crippen molar-refractivity contribution in [2.75, 3.05) is 7.11 Å². The van der Waals surface area contributed by atoms with Crippen molar-refractivity contribution in [3.05, 3.63) is 0 Å². The van der Waals surface area contributed by atoms with Gasteiger partial charge >= 0.3 is 5.97 Å². The monoisotopic (exact) mass is 414 g/mol. The molecule has 2 heteroatoms. The van der Waals surface area contributed by atoms with Crippen molar-refractivity contribution in [1.29, 1.82) is 0 Å². The van der Waals surface area contributed by atoms with E-state index in [2.05, 4.69) is 20.8 Å². The van der Waals surface area contributed by atoms with Gasteiger partial charge in [0.1, 0.15) is 0 Å². The maximum Gasteiger partial charge on any atom is 0.305 e. The highest BCUT2D eigenvalue weighted by molar-refractivity contribution is 5.68. The first-order valence-corrected chi connectivity index (χ1v) is 13.4. The van der Waals surface area contributed by atoms with Gasteiger partial charge in [0.15, 0.2) is 0 Å². The first-order chi connectivity index (χ1) is 14.4. The van der Waals surface area contributed by atoms with Crippen molar-refractivity contribution < 1.29 is 9.53 Å². The summed E-state index contributed by atoms with van der Waals surface area (Å²) in [5, 5.41) is 0. The normalized spacial score (nSPS) is 48.5. The third-order valence-corrected chi connectivity index (χ3v) is 12.0. The Morgan fingerprint density at radius 3 is 2.37 bits per heavy atom. The lowest BCUT2D eigenvalue weighted by molar-refractivity contribution is -0.146. The third kappa shape index (κ3) is 3.21. The van der Waals surface area contributed by atoms with Crippen LogP contribution in [0.25, 0.3) is 0 Å². The van der Waals surface area contributed by atoms with Crippen LogP contribution < -0.4 is 0 Å². The molecule has 5 aliphatic carbocycles. The van der Waals surface area contributed by atoms with E-state index in [1.165, 1.54) is 77.7 Å². The number of carbonyl (C=O) groups is 1. The number of ether oxygens (including phenoxy) is 1. The van der Waals surface area contributed by atoms with E-state index in [-0.39, 0.29) is 5.97 Å². The van der Waals surface area contributed by atoms with Crippen LogP contribution in [-0.2, 0) is 9.53 Å². The largest absolute Gasteiger partial charge is 0.469 e. The van der Waals surface area contributed by atoms with E-state index < -0.39 is 0 Å². The van der Waals surface area contributed by atoms with E-state index >= 15 is 0 Å². The van der Waals surface area contributed by atoms with Crippen LogP contribution in [0.3, 0.4) is 0 Å².